The molecule has 0 aliphatic carbocycles. The van der Waals surface area contributed by atoms with Crippen LogP contribution >= 0.6 is 11.3 Å². The molecule has 43 heavy (non-hydrogen) atoms. The highest BCUT2D eigenvalue weighted by atomic mass is 32.1. The summed E-state index contributed by atoms with van der Waals surface area (Å²) in [6.45, 7) is 9.55. The number of thiophene rings is 1. The summed E-state index contributed by atoms with van der Waals surface area (Å²) in [7, 11) is 2.13. The van der Waals surface area contributed by atoms with Gasteiger partial charge in [-0.25, -0.2) is 4.79 Å². The number of fused-ring (bicyclic) bond motifs is 1. The van der Waals surface area contributed by atoms with E-state index in [4.69, 9.17) is 4.74 Å². The van der Waals surface area contributed by atoms with Gasteiger partial charge in [0.2, 0.25) is 0 Å². The largest absolute Gasteiger partial charge is 0.448 e. The maximum atomic E-state index is 13.8. The van der Waals surface area contributed by atoms with Crippen LogP contribution in [0.3, 0.4) is 0 Å². The first kappa shape index (κ1) is 30.4. The zero-order valence-electron chi connectivity index (χ0n) is 24.9. The summed E-state index contributed by atoms with van der Waals surface area (Å²) in [4.78, 5) is 47.0. The summed E-state index contributed by atoms with van der Waals surface area (Å²) in [6.07, 6.45) is 0.950. The van der Waals surface area contributed by atoms with Gasteiger partial charge in [0.1, 0.15) is 4.83 Å². The zero-order chi connectivity index (χ0) is 30.3. The molecular weight excluding hydrogens is 564 g/mol. The van der Waals surface area contributed by atoms with Crippen LogP contribution < -0.4 is 10.2 Å². The lowest BCUT2D eigenvalue weighted by atomic mass is 10.1. The molecule has 1 aliphatic heterocycles. The van der Waals surface area contributed by atoms with Gasteiger partial charge < -0.3 is 19.9 Å². The van der Waals surface area contributed by atoms with Crippen molar-refractivity contribution in [1.82, 2.24) is 19.6 Å². The number of rotatable bonds is 10. The summed E-state index contributed by atoms with van der Waals surface area (Å²) < 4.78 is 6.56. The average Bonchev–Trinajstić information content (AvgIpc) is 3.61. The molecule has 2 aromatic carbocycles. The quantitative estimate of drug-likeness (QED) is 0.238. The number of unbranched alkanes of at least 4 members (excludes halogenated alkanes) is 1. The van der Waals surface area contributed by atoms with Crippen molar-refractivity contribution in [3.05, 3.63) is 76.7 Å². The minimum absolute atomic E-state index is 0.141. The number of hydrogen-bond acceptors (Lipinski definition) is 8. The van der Waals surface area contributed by atoms with Crippen LogP contribution in [-0.2, 0) is 11.3 Å². The van der Waals surface area contributed by atoms with Crippen LogP contribution in [0.5, 0.6) is 0 Å². The molecule has 4 aromatic rings. The number of para-hydroxylation sites is 1. The second-order valence-corrected chi connectivity index (χ2v) is 11.5. The monoisotopic (exact) mass is 602 g/mol. The number of anilines is 2. The molecule has 1 saturated heterocycles. The first-order valence-corrected chi connectivity index (χ1v) is 15.6. The molecule has 0 saturated carbocycles. The van der Waals surface area contributed by atoms with E-state index in [9.17, 15) is 14.4 Å². The highest BCUT2D eigenvalue weighted by Gasteiger charge is 2.28. The lowest BCUT2D eigenvalue weighted by molar-refractivity contribution is 0.0987. The minimum Gasteiger partial charge on any atom is -0.448 e. The second-order valence-electron chi connectivity index (χ2n) is 10.7. The highest BCUT2D eigenvalue weighted by molar-refractivity contribution is 7.17. The molecule has 2 aromatic heterocycles. The summed E-state index contributed by atoms with van der Waals surface area (Å²) in [5.41, 5.74) is 2.70. The van der Waals surface area contributed by atoms with E-state index in [0.717, 1.165) is 61.5 Å². The summed E-state index contributed by atoms with van der Waals surface area (Å²) in [5.74, 6) is -0.484. The normalized spacial score (nSPS) is 14.1. The summed E-state index contributed by atoms with van der Waals surface area (Å²) in [6, 6.07) is 16.9. The van der Waals surface area contributed by atoms with E-state index in [1.54, 1.807) is 22.4 Å². The molecule has 226 valence electrons. The maximum Gasteiger partial charge on any atom is 0.436 e. The number of ether oxygens (including phenoxy) is 1. The Morgan fingerprint density at radius 2 is 1.72 bits per heavy atom. The first-order valence-electron chi connectivity index (χ1n) is 14.7. The second kappa shape index (κ2) is 13.9. The van der Waals surface area contributed by atoms with Crippen molar-refractivity contribution in [2.24, 2.45) is 0 Å². The minimum atomic E-state index is -0.650. The number of benzene rings is 2. The number of amides is 2. The van der Waals surface area contributed by atoms with Crippen molar-refractivity contribution < 1.29 is 19.1 Å². The van der Waals surface area contributed by atoms with Crippen LogP contribution in [0.15, 0.2) is 60.0 Å². The summed E-state index contributed by atoms with van der Waals surface area (Å²) >= 11 is 1.21. The van der Waals surface area contributed by atoms with Gasteiger partial charge in [0.25, 0.3) is 11.8 Å². The predicted octanol–water partition coefficient (Wildman–Crippen LogP) is 5.55. The van der Waals surface area contributed by atoms with Crippen molar-refractivity contribution in [2.45, 2.75) is 33.2 Å². The number of nitrogens with zero attached hydrogens (tertiary/aromatic N) is 5. The Labute approximate surface area is 255 Å². The van der Waals surface area contributed by atoms with Crippen molar-refractivity contribution in [1.29, 1.82) is 0 Å². The van der Waals surface area contributed by atoms with Gasteiger partial charge in [-0.15, -0.1) is 16.4 Å². The fraction of sp³-hybridized carbons (Fsp3) is 0.375. The van der Waals surface area contributed by atoms with Gasteiger partial charge in [-0.3, -0.25) is 14.5 Å². The van der Waals surface area contributed by atoms with Crippen LogP contribution in [0.2, 0.25) is 0 Å². The molecule has 0 unspecified atom stereocenters. The van der Waals surface area contributed by atoms with E-state index >= 15 is 0 Å². The van der Waals surface area contributed by atoms with Gasteiger partial charge in [0.05, 0.1) is 17.6 Å². The number of carbonyl (C=O) groups excluding carboxylic acids is 3. The maximum absolute atomic E-state index is 13.8. The van der Waals surface area contributed by atoms with Gasteiger partial charge in [0, 0.05) is 55.9 Å². The number of carbonyl (C=O) groups is 3. The fourth-order valence-corrected chi connectivity index (χ4v) is 6.05. The SMILES string of the molecule is CCCCOC(=O)n1nc(NC(=O)c2ccc(CN3CCN(C)CC3)cc2)c2c(C(=O)N(CC)c3ccccc3)csc21. The Balaban J connectivity index is 1.41. The number of aromatic nitrogens is 2. The molecule has 0 radical (unpaired) electrons. The van der Waals surface area contributed by atoms with Crippen LogP contribution in [0.25, 0.3) is 10.2 Å². The molecule has 5 rings (SSSR count). The van der Waals surface area contributed by atoms with Crippen molar-refractivity contribution in [3.8, 4) is 0 Å². The van der Waals surface area contributed by atoms with E-state index < -0.39 is 6.09 Å². The Hall–Kier alpha value is -4.06. The highest BCUT2D eigenvalue weighted by Crippen LogP contribution is 2.34. The van der Waals surface area contributed by atoms with Crippen LogP contribution in [0.1, 0.15) is 53.0 Å². The van der Waals surface area contributed by atoms with Gasteiger partial charge >= 0.3 is 6.09 Å². The van der Waals surface area contributed by atoms with E-state index in [1.807, 2.05) is 56.3 Å². The molecule has 1 N–H and O–H groups in total. The zero-order valence-corrected chi connectivity index (χ0v) is 25.7. The molecule has 11 heteroatoms. The Morgan fingerprint density at radius 3 is 2.40 bits per heavy atom. The van der Waals surface area contributed by atoms with Gasteiger partial charge in [-0.05, 0) is 50.2 Å². The van der Waals surface area contributed by atoms with E-state index in [1.165, 1.54) is 11.3 Å². The third-order valence-corrected chi connectivity index (χ3v) is 8.56. The first-order chi connectivity index (χ1) is 20.9. The average molecular weight is 603 g/mol. The van der Waals surface area contributed by atoms with Crippen molar-refractivity contribution in [2.75, 3.05) is 56.6 Å². The standard InChI is InChI=1S/C32H38N6O4S/c1-4-6-20-42-32(41)38-31-27(26(22-43-31)30(40)37(5-2)25-10-8-7-9-11-25)28(34-38)33-29(39)24-14-12-23(13-15-24)21-36-18-16-35(3)17-19-36/h7-15,22H,4-6,16-21H2,1-3H3,(H,33,34,39). The number of likely N-dealkylation sites (N-methyl/N-ethyl adjacent to an activating group) is 1. The number of piperazine rings is 1. The lowest BCUT2D eigenvalue weighted by Gasteiger charge is -2.32. The summed E-state index contributed by atoms with van der Waals surface area (Å²) in [5, 5.41) is 9.42. The molecule has 3 heterocycles. The molecule has 10 nitrogen and oxygen atoms in total. The molecule has 0 spiro atoms. The van der Waals surface area contributed by atoms with Gasteiger partial charge in [-0.2, -0.15) is 4.68 Å². The molecule has 2 amide bonds. The third kappa shape index (κ3) is 6.96. The van der Waals surface area contributed by atoms with Crippen molar-refractivity contribution >= 4 is 51.0 Å². The van der Waals surface area contributed by atoms with Crippen molar-refractivity contribution in [3.63, 3.8) is 0 Å². The predicted molar refractivity (Wildman–Crippen MR) is 170 cm³/mol. The topological polar surface area (TPSA) is 100 Å². The molecule has 0 atom stereocenters. The van der Waals surface area contributed by atoms with Gasteiger partial charge in [-0.1, -0.05) is 43.7 Å². The third-order valence-electron chi connectivity index (χ3n) is 7.61. The Kier molecular flexibility index (Phi) is 9.86. The molecular formula is C32H38N6O4S. The Morgan fingerprint density at radius 1 is 1.00 bits per heavy atom. The fourth-order valence-electron chi connectivity index (χ4n) is 5.06. The Bertz CT molecular complexity index is 1560. The van der Waals surface area contributed by atoms with Gasteiger partial charge in [0.15, 0.2) is 5.82 Å². The van der Waals surface area contributed by atoms with Crippen LogP contribution in [-0.4, -0.2) is 83.9 Å². The molecule has 1 aliphatic rings. The lowest BCUT2D eigenvalue weighted by Crippen LogP contribution is -2.43. The van der Waals surface area contributed by atoms with E-state index in [-0.39, 0.29) is 24.2 Å². The number of hydrogen-bond donors (Lipinski definition) is 1. The molecule has 1 fully saturated rings. The van der Waals surface area contributed by atoms with Crippen LogP contribution in [0.4, 0.5) is 16.3 Å². The van der Waals surface area contributed by atoms with E-state index in [2.05, 4.69) is 27.3 Å². The van der Waals surface area contributed by atoms with E-state index in [0.29, 0.717) is 27.9 Å². The smallest absolute Gasteiger partial charge is 0.436 e. The number of nitrogens with one attached hydrogen (secondary N) is 1. The molecule has 0 bridgehead atoms. The van der Waals surface area contributed by atoms with Crippen LogP contribution in [0, 0.1) is 0 Å².